The zero-order valence-electron chi connectivity index (χ0n) is 21.5. The van der Waals surface area contributed by atoms with Gasteiger partial charge in [0.25, 0.3) is 5.56 Å². The molecule has 0 fully saturated rings. The Hall–Kier alpha value is -4.04. The average Bonchev–Trinajstić information content (AvgIpc) is 3.56. The zero-order valence-corrected chi connectivity index (χ0v) is 21.5. The number of nitrogens with zero attached hydrogens (tertiary/aromatic N) is 5. The van der Waals surface area contributed by atoms with E-state index in [0.29, 0.717) is 25.2 Å². The van der Waals surface area contributed by atoms with Crippen LogP contribution in [0.25, 0.3) is 10.9 Å². The van der Waals surface area contributed by atoms with Gasteiger partial charge in [-0.3, -0.25) is 9.69 Å². The SMILES string of the molecule is CCCC(c1nnnn1Cc1ccccc1)N(Cc1ccco1)Cc1cc2cc(C)cc(C)c2[nH]c1=O. The maximum atomic E-state index is 13.2. The van der Waals surface area contributed by atoms with Crippen LogP contribution in [0.4, 0.5) is 0 Å². The molecule has 0 spiro atoms. The van der Waals surface area contributed by atoms with Crippen LogP contribution in [0.1, 0.15) is 59.6 Å². The van der Waals surface area contributed by atoms with E-state index in [4.69, 9.17) is 4.42 Å². The smallest absolute Gasteiger partial charge is 0.252 e. The minimum atomic E-state index is -0.108. The fraction of sp³-hybridized carbons (Fsp3) is 0.310. The lowest BCUT2D eigenvalue weighted by atomic mass is 10.0. The summed E-state index contributed by atoms with van der Waals surface area (Å²) in [6.07, 6.45) is 3.44. The Morgan fingerprint density at radius 2 is 1.89 bits per heavy atom. The highest BCUT2D eigenvalue weighted by atomic mass is 16.3. The van der Waals surface area contributed by atoms with Gasteiger partial charge in [0.05, 0.1) is 30.9 Å². The number of fused-ring (bicyclic) bond motifs is 1. The third-order valence-corrected chi connectivity index (χ3v) is 6.72. The van der Waals surface area contributed by atoms with E-state index in [1.54, 1.807) is 6.26 Å². The molecule has 3 heterocycles. The lowest BCUT2D eigenvalue weighted by molar-refractivity contribution is 0.144. The summed E-state index contributed by atoms with van der Waals surface area (Å²) < 4.78 is 7.58. The predicted molar refractivity (Wildman–Crippen MR) is 143 cm³/mol. The molecule has 8 nitrogen and oxygen atoms in total. The first-order chi connectivity index (χ1) is 18.0. The highest BCUT2D eigenvalue weighted by Gasteiger charge is 2.27. The number of H-pyrrole nitrogens is 1. The molecule has 0 saturated heterocycles. The minimum absolute atomic E-state index is 0.0805. The normalized spacial score (nSPS) is 12.4. The van der Waals surface area contributed by atoms with E-state index in [9.17, 15) is 4.79 Å². The van der Waals surface area contributed by atoms with Gasteiger partial charge in [-0.15, -0.1) is 5.10 Å². The molecule has 5 aromatic rings. The molecule has 1 atom stereocenters. The van der Waals surface area contributed by atoms with Gasteiger partial charge >= 0.3 is 0 Å². The fourth-order valence-electron chi connectivity index (χ4n) is 5.01. The summed E-state index contributed by atoms with van der Waals surface area (Å²) in [7, 11) is 0. The molecule has 0 radical (unpaired) electrons. The summed E-state index contributed by atoms with van der Waals surface area (Å²) in [5.74, 6) is 1.60. The molecule has 2 aromatic carbocycles. The number of aryl methyl sites for hydroxylation is 2. The third kappa shape index (κ3) is 5.54. The zero-order chi connectivity index (χ0) is 25.8. The Kier molecular flexibility index (Phi) is 7.28. The first-order valence-electron chi connectivity index (χ1n) is 12.7. The summed E-state index contributed by atoms with van der Waals surface area (Å²) in [5, 5.41) is 13.8. The molecule has 3 aromatic heterocycles. The van der Waals surface area contributed by atoms with Gasteiger partial charge in [0, 0.05) is 12.1 Å². The fourth-order valence-corrected chi connectivity index (χ4v) is 5.01. The molecule has 1 N–H and O–H groups in total. The third-order valence-electron chi connectivity index (χ3n) is 6.72. The summed E-state index contributed by atoms with van der Waals surface area (Å²) in [6.45, 7) is 7.79. The summed E-state index contributed by atoms with van der Waals surface area (Å²) in [4.78, 5) is 18.6. The maximum Gasteiger partial charge on any atom is 0.252 e. The molecule has 0 saturated carbocycles. The van der Waals surface area contributed by atoms with Crippen molar-refractivity contribution in [1.29, 1.82) is 0 Å². The van der Waals surface area contributed by atoms with Crippen molar-refractivity contribution >= 4 is 10.9 Å². The molecule has 1 unspecified atom stereocenters. The summed E-state index contributed by atoms with van der Waals surface area (Å²) in [5.41, 5.74) is 4.86. The topological polar surface area (TPSA) is 92.8 Å². The number of hydrogen-bond donors (Lipinski definition) is 1. The van der Waals surface area contributed by atoms with Crippen LogP contribution < -0.4 is 5.56 Å². The van der Waals surface area contributed by atoms with E-state index in [0.717, 1.165) is 46.5 Å². The second-order valence-electron chi connectivity index (χ2n) is 9.64. The number of pyridine rings is 1. The largest absolute Gasteiger partial charge is 0.468 e. The van der Waals surface area contributed by atoms with Crippen LogP contribution in [-0.4, -0.2) is 30.1 Å². The second-order valence-corrected chi connectivity index (χ2v) is 9.64. The molecule has 0 aliphatic carbocycles. The Bertz CT molecular complexity index is 1520. The standard InChI is InChI=1S/C29H32N6O2/c1-4-9-26(28-31-32-33-35(28)17-22-10-6-5-7-11-22)34(19-25-12-8-13-37-25)18-24-16-23-15-20(2)14-21(3)27(23)30-29(24)36/h5-8,10-16,26H,4,9,17-19H2,1-3H3,(H,30,36). The van der Waals surface area contributed by atoms with Crippen LogP contribution in [-0.2, 0) is 19.6 Å². The molecule has 0 bridgehead atoms. The number of aromatic nitrogens is 5. The van der Waals surface area contributed by atoms with E-state index < -0.39 is 0 Å². The molecular weight excluding hydrogens is 464 g/mol. The number of nitrogens with one attached hydrogen (secondary N) is 1. The van der Waals surface area contributed by atoms with Gasteiger partial charge in [-0.05, 0) is 71.5 Å². The lowest BCUT2D eigenvalue weighted by Crippen LogP contribution is -2.32. The van der Waals surface area contributed by atoms with Gasteiger partial charge in [-0.25, -0.2) is 4.68 Å². The van der Waals surface area contributed by atoms with Gasteiger partial charge in [0.15, 0.2) is 5.82 Å². The molecule has 0 amide bonds. The maximum absolute atomic E-state index is 13.2. The van der Waals surface area contributed by atoms with Crippen LogP contribution in [0, 0.1) is 13.8 Å². The monoisotopic (exact) mass is 496 g/mol. The molecule has 0 aliphatic rings. The van der Waals surface area contributed by atoms with Crippen molar-refractivity contribution in [3.05, 3.63) is 111 Å². The molecule has 8 heteroatoms. The van der Waals surface area contributed by atoms with Gasteiger partial charge in [0.2, 0.25) is 0 Å². The Morgan fingerprint density at radius 3 is 2.65 bits per heavy atom. The van der Waals surface area contributed by atoms with Crippen molar-refractivity contribution in [3.8, 4) is 0 Å². The number of hydrogen-bond acceptors (Lipinski definition) is 6. The number of benzene rings is 2. The van der Waals surface area contributed by atoms with Crippen molar-refractivity contribution in [1.82, 2.24) is 30.1 Å². The number of furan rings is 1. The van der Waals surface area contributed by atoms with Crippen molar-refractivity contribution < 1.29 is 4.42 Å². The van der Waals surface area contributed by atoms with E-state index in [-0.39, 0.29) is 11.6 Å². The van der Waals surface area contributed by atoms with E-state index in [1.807, 2.05) is 48.0 Å². The molecular formula is C29H32N6O2. The Balaban J connectivity index is 1.54. The van der Waals surface area contributed by atoms with Gasteiger partial charge in [0.1, 0.15) is 5.76 Å². The van der Waals surface area contributed by atoms with Gasteiger partial charge < -0.3 is 9.40 Å². The van der Waals surface area contributed by atoms with Gasteiger partial charge in [-0.1, -0.05) is 55.3 Å². The Morgan fingerprint density at radius 1 is 1.05 bits per heavy atom. The highest BCUT2D eigenvalue weighted by molar-refractivity contribution is 5.82. The van der Waals surface area contributed by atoms with Crippen LogP contribution >= 0.6 is 0 Å². The van der Waals surface area contributed by atoms with Crippen molar-refractivity contribution in [3.63, 3.8) is 0 Å². The average molecular weight is 497 g/mol. The first kappa shape index (κ1) is 24.6. The van der Waals surface area contributed by atoms with Crippen LogP contribution in [0.2, 0.25) is 0 Å². The van der Waals surface area contributed by atoms with Crippen molar-refractivity contribution in [2.24, 2.45) is 0 Å². The second kappa shape index (κ2) is 10.9. The van der Waals surface area contributed by atoms with Crippen LogP contribution in [0.5, 0.6) is 0 Å². The van der Waals surface area contributed by atoms with Crippen molar-refractivity contribution in [2.45, 2.75) is 59.3 Å². The molecule has 190 valence electrons. The summed E-state index contributed by atoms with van der Waals surface area (Å²) >= 11 is 0. The minimum Gasteiger partial charge on any atom is -0.468 e. The number of rotatable bonds is 10. The van der Waals surface area contributed by atoms with Gasteiger partial charge in [-0.2, -0.15) is 0 Å². The number of tetrazole rings is 1. The van der Waals surface area contributed by atoms with Crippen LogP contribution in [0.3, 0.4) is 0 Å². The molecule has 0 aliphatic heterocycles. The van der Waals surface area contributed by atoms with Crippen LogP contribution in [0.15, 0.2) is 76.1 Å². The lowest BCUT2D eigenvalue weighted by Gasteiger charge is -2.30. The first-order valence-corrected chi connectivity index (χ1v) is 12.7. The molecule has 37 heavy (non-hydrogen) atoms. The highest BCUT2D eigenvalue weighted by Crippen LogP contribution is 2.28. The quantitative estimate of drug-likeness (QED) is 0.281. The van der Waals surface area contributed by atoms with E-state index in [2.05, 4.69) is 63.5 Å². The molecule has 5 rings (SSSR count). The predicted octanol–water partition coefficient (Wildman–Crippen LogP) is 5.32. The van der Waals surface area contributed by atoms with Crippen molar-refractivity contribution in [2.75, 3.05) is 0 Å². The Labute approximate surface area is 215 Å². The summed E-state index contributed by atoms with van der Waals surface area (Å²) in [6, 6.07) is 20.1. The van der Waals surface area contributed by atoms with E-state index in [1.165, 1.54) is 5.56 Å². The number of aromatic amines is 1. The van der Waals surface area contributed by atoms with E-state index >= 15 is 0 Å².